The van der Waals surface area contributed by atoms with Crippen molar-refractivity contribution in [2.75, 3.05) is 0 Å². The van der Waals surface area contributed by atoms with Crippen LogP contribution >= 0.6 is 0 Å². The Morgan fingerprint density at radius 3 is 2.41 bits per heavy atom. The van der Waals surface area contributed by atoms with Crippen LogP contribution in [0.25, 0.3) is 0 Å². The molecule has 1 aromatic rings. The Morgan fingerprint density at radius 1 is 1.27 bits per heavy atom. The quantitative estimate of drug-likeness (QED) is 0.831. The Hall–Kier alpha value is -1.79. The topological polar surface area (TPSA) is 38.3 Å². The van der Waals surface area contributed by atoms with E-state index in [1.54, 1.807) is 20.8 Å². The second-order valence-corrected chi connectivity index (χ2v) is 6.31. The lowest BCUT2D eigenvalue weighted by molar-refractivity contribution is -0.139. The average molecular weight is 319 g/mol. The van der Waals surface area contributed by atoms with E-state index in [2.05, 4.69) is 5.32 Å². The molecule has 1 aromatic carbocycles. The van der Waals surface area contributed by atoms with Crippen molar-refractivity contribution >= 4 is 6.09 Å². The van der Waals surface area contributed by atoms with Crippen molar-refractivity contribution < 1.29 is 27.1 Å². The molecule has 0 aliphatic heterocycles. The summed E-state index contributed by atoms with van der Waals surface area (Å²) in [6, 6.07) is 3.45. The van der Waals surface area contributed by atoms with E-state index in [9.17, 15) is 22.4 Å². The molecule has 3 nitrogen and oxygen atoms in total. The number of benzene rings is 1. The zero-order valence-electron chi connectivity index (χ0n) is 12.4. The largest absolute Gasteiger partial charge is 0.444 e. The van der Waals surface area contributed by atoms with Gasteiger partial charge in [0.15, 0.2) is 5.67 Å². The average Bonchev–Trinajstić information content (AvgIpc) is 2.97. The molecule has 1 saturated carbocycles. The highest BCUT2D eigenvalue weighted by Gasteiger charge is 2.60. The Bertz CT molecular complexity index is 580. The second kappa shape index (κ2) is 5.14. The van der Waals surface area contributed by atoms with Gasteiger partial charge >= 0.3 is 12.3 Å². The molecule has 0 radical (unpaired) electrons. The van der Waals surface area contributed by atoms with E-state index in [0.717, 1.165) is 12.1 Å². The Kier molecular flexibility index (Phi) is 3.87. The van der Waals surface area contributed by atoms with Crippen LogP contribution in [0.3, 0.4) is 0 Å². The first-order valence-corrected chi connectivity index (χ1v) is 6.78. The van der Waals surface area contributed by atoms with Crippen LogP contribution < -0.4 is 5.32 Å². The van der Waals surface area contributed by atoms with Crippen molar-refractivity contribution in [1.82, 2.24) is 5.32 Å². The summed E-state index contributed by atoms with van der Waals surface area (Å²) in [5.41, 5.74) is -4.46. The number of hydrogen-bond acceptors (Lipinski definition) is 2. The van der Waals surface area contributed by atoms with Crippen LogP contribution in [0.5, 0.6) is 0 Å². The van der Waals surface area contributed by atoms with Gasteiger partial charge < -0.3 is 10.1 Å². The summed E-state index contributed by atoms with van der Waals surface area (Å²) >= 11 is 0. The van der Waals surface area contributed by atoms with Gasteiger partial charge in [-0.25, -0.2) is 9.18 Å². The van der Waals surface area contributed by atoms with Gasteiger partial charge in [-0.1, -0.05) is 18.2 Å². The first-order chi connectivity index (χ1) is 9.93. The van der Waals surface area contributed by atoms with Gasteiger partial charge in [0.2, 0.25) is 0 Å². The molecule has 22 heavy (non-hydrogen) atoms. The third-order valence-electron chi connectivity index (χ3n) is 3.26. The maximum Gasteiger partial charge on any atom is 0.416 e. The standard InChI is InChI=1S/C15H17F4NO2/c1-13(2,3)22-12(21)20-11-8-14(11,16)9-6-4-5-7-10(9)15(17,18)19/h4-7,11H,8H2,1-3H3,(H,20,21)/t11-,14-/m0/s1. The smallest absolute Gasteiger partial charge is 0.416 e. The summed E-state index contributed by atoms with van der Waals surface area (Å²) in [6.07, 6.45) is -5.70. The highest BCUT2D eigenvalue weighted by atomic mass is 19.4. The molecule has 0 spiro atoms. The molecule has 0 heterocycles. The second-order valence-electron chi connectivity index (χ2n) is 6.31. The van der Waals surface area contributed by atoms with Crippen molar-refractivity contribution in [2.24, 2.45) is 0 Å². The van der Waals surface area contributed by atoms with Crippen molar-refractivity contribution in [3.8, 4) is 0 Å². The number of alkyl carbamates (subject to hydrolysis) is 1. The van der Waals surface area contributed by atoms with Crippen LogP contribution in [0.15, 0.2) is 24.3 Å². The van der Waals surface area contributed by atoms with E-state index in [1.165, 1.54) is 12.1 Å². The maximum absolute atomic E-state index is 14.7. The number of hydrogen-bond donors (Lipinski definition) is 1. The van der Waals surface area contributed by atoms with Crippen LogP contribution in [0, 0.1) is 0 Å². The van der Waals surface area contributed by atoms with Crippen LogP contribution in [0.4, 0.5) is 22.4 Å². The zero-order chi connectivity index (χ0) is 16.8. The van der Waals surface area contributed by atoms with Crippen LogP contribution in [-0.2, 0) is 16.6 Å². The molecule has 2 atom stereocenters. The maximum atomic E-state index is 14.7. The van der Waals surface area contributed by atoms with Crippen molar-refractivity contribution in [3.63, 3.8) is 0 Å². The number of ether oxygens (including phenoxy) is 1. The van der Waals surface area contributed by atoms with Gasteiger partial charge in [-0.3, -0.25) is 0 Å². The summed E-state index contributed by atoms with van der Waals surface area (Å²) in [5, 5.41) is 2.27. The van der Waals surface area contributed by atoms with Gasteiger partial charge in [0.1, 0.15) is 5.60 Å². The molecule has 7 heteroatoms. The van der Waals surface area contributed by atoms with E-state index in [-0.39, 0.29) is 6.42 Å². The predicted octanol–water partition coefficient (Wildman–Crippen LogP) is 4.17. The Morgan fingerprint density at radius 2 is 1.86 bits per heavy atom. The fourth-order valence-electron chi connectivity index (χ4n) is 2.24. The molecule has 1 fully saturated rings. The summed E-state index contributed by atoms with van der Waals surface area (Å²) in [5.74, 6) is 0. The van der Waals surface area contributed by atoms with E-state index < -0.39 is 40.7 Å². The lowest BCUT2D eigenvalue weighted by Gasteiger charge is -2.20. The number of halogens is 4. The van der Waals surface area contributed by atoms with Gasteiger partial charge in [-0.15, -0.1) is 0 Å². The van der Waals surface area contributed by atoms with Crippen LogP contribution in [0.1, 0.15) is 38.3 Å². The zero-order valence-corrected chi connectivity index (χ0v) is 12.4. The van der Waals surface area contributed by atoms with Gasteiger partial charge in [0.05, 0.1) is 11.6 Å². The van der Waals surface area contributed by atoms with E-state index in [0.29, 0.717) is 0 Å². The van der Waals surface area contributed by atoms with Gasteiger partial charge in [0, 0.05) is 12.0 Å². The molecule has 0 aromatic heterocycles. The number of carbonyl (C=O) groups excluding carboxylic acids is 1. The molecular weight excluding hydrogens is 302 g/mol. The van der Waals surface area contributed by atoms with Gasteiger partial charge in [0.25, 0.3) is 0 Å². The fraction of sp³-hybridized carbons (Fsp3) is 0.533. The van der Waals surface area contributed by atoms with Crippen LogP contribution in [0.2, 0.25) is 0 Å². The number of nitrogens with one attached hydrogen (secondary N) is 1. The highest BCUT2D eigenvalue weighted by Crippen LogP contribution is 2.53. The minimum absolute atomic E-state index is 0.209. The summed E-state index contributed by atoms with van der Waals surface area (Å²) in [6.45, 7) is 4.92. The normalized spacial score (nSPS) is 24.8. The van der Waals surface area contributed by atoms with Crippen molar-refractivity contribution in [2.45, 2.75) is 50.7 Å². The third kappa shape index (κ3) is 3.51. The fourth-order valence-corrected chi connectivity index (χ4v) is 2.24. The molecule has 1 aliphatic rings. The molecule has 2 rings (SSSR count). The molecular formula is C15H17F4NO2. The number of rotatable bonds is 2. The van der Waals surface area contributed by atoms with Gasteiger partial charge in [-0.05, 0) is 26.8 Å². The first-order valence-electron chi connectivity index (χ1n) is 6.78. The Labute approximate surface area is 125 Å². The van der Waals surface area contributed by atoms with Gasteiger partial charge in [-0.2, -0.15) is 13.2 Å². The summed E-state index contributed by atoms with van der Waals surface area (Å²) in [7, 11) is 0. The first kappa shape index (κ1) is 16.6. The lowest BCUT2D eigenvalue weighted by atomic mass is 10.0. The van der Waals surface area contributed by atoms with Crippen LogP contribution in [-0.4, -0.2) is 17.7 Å². The minimum Gasteiger partial charge on any atom is -0.444 e. The summed E-state index contributed by atoms with van der Waals surface area (Å²) in [4.78, 5) is 11.6. The molecule has 0 saturated heterocycles. The number of alkyl halides is 4. The molecule has 0 unspecified atom stereocenters. The molecule has 1 amide bonds. The Balaban J connectivity index is 2.14. The molecule has 0 bridgehead atoms. The summed E-state index contributed by atoms with van der Waals surface area (Å²) < 4.78 is 58.5. The number of carbonyl (C=O) groups is 1. The van der Waals surface area contributed by atoms with E-state index in [1.807, 2.05) is 0 Å². The van der Waals surface area contributed by atoms with E-state index in [4.69, 9.17) is 4.74 Å². The lowest BCUT2D eigenvalue weighted by Crippen LogP contribution is -2.36. The SMILES string of the molecule is CC(C)(C)OC(=O)N[C@H]1C[C@]1(F)c1ccccc1C(F)(F)F. The predicted molar refractivity (Wildman–Crippen MR) is 72.0 cm³/mol. The highest BCUT2D eigenvalue weighted by molar-refractivity contribution is 5.69. The number of amides is 1. The minimum atomic E-state index is -4.64. The van der Waals surface area contributed by atoms with Crippen molar-refractivity contribution in [3.05, 3.63) is 35.4 Å². The van der Waals surface area contributed by atoms with Crippen molar-refractivity contribution in [1.29, 1.82) is 0 Å². The molecule has 1 N–H and O–H groups in total. The molecule has 122 valence electrons. The van der Waals surface area contributed by atoms with E-state index >= 15 is 0 Å². The molecule has 1 aliphatic carbocycles. The monoisotopic (exact) mass is 319 g/mol. The third-order valence-corrected chi connectivity index (χ3v) is 3.26.